The summed E-state index contributed by atoms with van der Waals surface area (Å²) in [6, 6.07) is 18.1. The Morgan fingerprint density at radius 1 is 1.19 bits per heavy atom. The molecule has 3 N–H and O–H groups in total. The Morgan fingerprint density at radius 2 is 1.88 bits per heavy atom. The lowest BCUT2D eigenvalue weighted by atomic mass is 10.1. The van der Waals surface area contributed by atoms with Gasteiger partial charge in [-0.25, -0.2) is 4.79 Å². The molecular weight excluding hydrogens is 330 g/mol. The Hall–Kier alpha value is -3.59. The van der Waals surface area contributed by atoms with Gasteiger partial charge in [-0.1, -0.05) is 36.4 Å². The van der Waals surface area contributed by atoms with Crippen LogP contribution in [-0.2, 0) is 11.2 Å². The first-order valence-corrected chi connectivity index (χ1v) is 8.06. The number of aromatic nitrogens is 1. The number of carbonyl (C=O) groups is 1. The summed E-state index contributed by atoms with van der Waals surface area (Å²) in [7, 11) is 0. The van der Waals surface area contributed by atoms with E-state index in [1.54, 1.807) is 43.3 Å². The number of fused-ring (bicyclic) bond motifs is 1. The number of nitriles is 1. The van der Waals surface area contributed by atoms with E-state index >= 15 is 0 Å². The molecule has 2 aromatic carbocycles. The van der Waals surface area contributed by atoms with Crippen LogP contribution in [0.2, 0.25) is 0 Å². The van der Waals surface area contributed by atoms with Gasteiger partial charge in [0.05, 0.1) is 24.7 Å². The lowest BCUT2D eigenvalue weighted by molar-refractivity contribution is 0.0525. The molecule has 0 aliphatic rings. The van der Waals surface area contributed by atoms with Gasteiger partial charge < -0.3 is 15.5 Å². The smallest absolute Gasteiger partial charge is 0.338 e. The molecule has 6 heteroatoms. The lowest BCUT2D eigenvalue weighted by Crippen LogP contribution is -2.08. The van der Waals surface area contributed by atoms with E-state index in [0.717, 1.165) is 5.39 Å². The zero-order valence-electron chi connectivity index (χ0n) is 14.4. The normalized spacial score (nSPS) is 9.69. The van der Waals surface area contributed by atoms with Gasteiger partial charge in [0.25, 0.3) is 5.56 Å². The zero-order valence-corrected chi connectivity index (χ0v) is 14.4. The van der Waals surface area contributed by atoms with Crippen LogP contribution in [0.4, 0.5) is 5.82 Å². The fraction of sp³-hybridized carbons (Fsp3) is 0.150. The molecule has 0 saturated heterocycles. The molecule has 0 aliphatic carbocycles. The van der Waals surface area contributed by atoms with E-state index < -0.39 is 0 Å². The van der Waals surface area contributed by atoms with Gasteiger partial charge in [-0.05, 0) is 36.1 Å². The number of H-pyrrole nitrogens is 1. The molecule has 0 bridgehead atoms. The molecule has 0 unspecified atom stereocenters. The summed E-state index contributed by atoms with van der Waals surface area (Å²) in [6.07, 6.45) is 0.231. The van der Waals surface area contributed by atoms with Gasteiger partial charge in [0.2, 0.25) is 0 Å². The van der Waals surface area contributed by atoms with Gasteiger partial charge in [-0.15, -0.1) is 0 Å². The predicted molar refractivity (Wildman–Crippen MR) is 101 cm³/mol. The molecular formula is C20H19N3O3. The molecule has 132 valence electrons. The van der Waals surface area contributed by atoms with Crippen molar-refractivity contribution in [1.82, 2.24) is 4.98 Å². The first-order valence-electron chi connectivity index (χ1n) is 8.06. The second-order valence-electron chi connectivity index (χ2n) is 5.35. The number of anilines is 1. The van der Waals surface area contributed by atoms with E-state index in [9.17, 15) is 9.59 Å². The van der Waals surface area contributed by atoms with Crippen molar-refractivity contribution in [1.29, 1.82) is 5.26 Å². The highest BCUT2D eigenvalue weighted by molar-refractivity contribution is 5.91. The van der Waals surface area contributed by atoms with Crippen molar-refractivity contribution in [2.24, 2.45) is 0 Å². The zero-order chi connectivity index (χ0) is 18.9. The van der Waals surface area contributed by atoms with Gasteiger partial charge >= 0.3 is 5.97 Å². The quantitative estimate of drug-likeness (QED) is 0.706. The number of pyridine rings is 1. The number of nitrogens with one attached hydrogen (secondary N) is 1. The SMILES string of the molecule is CCOC(=O)c1ccccc1CC#N.Nc1cc2ccccc2c(=O)[nH]1. The number of rotatable bonds is 3. The molecule has 0 atom stereocenters. The van der Waals surface area contributed by atoms with E-state index in [0.29, 0.717) is 28.9 Å². The number of hydrogen-bond acceptors (Lipinski definition) is 5. The van der Waals surface area contributed by atoms with E-state index in [4.69, 9.17) is 15.7 Å². The van der Waals surface area contributed by atoms with Gasteiger partial charge in [0.1, 0.15) is 5.82 Å². The summed E-state index contributed by atoms with van der Waals surface area (Å²) in [5.74, 6) is 0.0389. The van der Waals surface area contributed by atoms with Crippen LogP contribution in [0.15, 0.2) is 59.4 Å². The largest absolute Gasteiger partial charge is 0.462 e. The molecule has 3 rings (SSSR count). The Morgan fingerprint density at radius 3 is 2.62 bits per heavy atom. The summed E-state index contributed by atoms with van der Waals surface area (Å²) in [6.45, 7) is 2.10. The van der Waals surface area contributed by atoms with E-state index in [2.05, 4.69) is 4.98 Å². The molecule has 0 fully saturated rings. The third-order valence-corrected chi connectivity index (χ3v) is 3.56. The van der Waals surface area contributed by atoms with E-state index in [1.807, 2.05) is 24.3 Å². The monoisotopic (exact) mass is 349 g/mol. The first-order chi connectivity index (χ1) is 12.6. The molecule has 0 aliphatic heterocycles. The number of aromatic amines is 1. The van der Waals surface area contributed by atoms with Crippen molar-refractivity contribution >= 4 is 22.6 Å². The third kappa shape index (κ3) is 4.71. The highest BCUT2D eigenvalue weighted by Gasteiger charge is 2.10. The molecule has 0 saturated carbocycles. The summed E-state index contributed by atoms with van der Waals surface area (Å²) >= 11 is 0. The van der Waals surface area contributed by atoms with Crippen molar-refractivity contribution in [3.05, 3.63) is 76.1 Å². The van der Waals surface area contributed by atoms with Crippen LogP contribution in [0.25, 0.3) is 10.8 Å². The number of nitrogen functional groups attached to an aromatic ring is 1. The number of benzene rings is 2. The Bertz CT molecular complexity index is 1000. The van der Waals surface area contributed by atoms with Crippen LogP contribution in [0.5, 0.6) is 0 Å². The van der Waals surface area contributed by atoms with Crippen molar-refractivity contribution in [2.45, 2.75) is 13.3 Å². The minimum atomic E-state index is -0.363. The maximum Gasteiger partial charge on any atom is 0.338 e. The molecule has 1 heterocycles. The number of nitrogens with zero attached hydrogens (tertiary/aromatic N) is 1. The molecule has 6 nitrogen and oxygen atoms in total. The fourth-order valence-corrected chi connectivity index (χ4v) is 2.40. The summed E-state index contributed by atoms with van der Waals surface area (Å²) in [4.78, 5) is 25.2. The summed E-state index contributed by atoms with van der Waals surface area (Å²) in [5, 5.41) is 10.1. The van der Waals surface area contributed by atoms with Gasteiger partial charge in [0.15, 0.2) is 0 Å². The fourth-order valence-electron chi connectivity index (χ4n) is 2.40. The standard InChI is InChI=1S/C11H11NO2.C9H8N2O/c1-2-14-11(13)10-6-4-3-5-9(10)7-8-12;10-8-5-6-3-1-2-4-7(6)9(12)11-8/h3-6H,2,7H2,1H3;1-5H,(H3,10,11,12). The maximum atomic E-state index is 11.4. The van der Waals surface area contributed by atoms with E-state index in [-0.39, 0.29) is 17.9 Å². The van der Waals surface area contributed by atoms with Crippen molar-refractivity contribution < 1.29 is 9.53 Å². The summed E-state index contributed by atoms with van der Waals surface area (Å²) < 4.78 is 4.87. The molecule has 1 aromatic heterocycles. The minimum Gasteiger partial charge on any atom is -0.462 e. The maximum absolute atomic E-state index is 11.4. The number of esters is 1. The topological polar surface area (TPSA) is 109 Å². The van der Waals surface area contributed by atoms with Gasteiger partial charge in [-0.3, -0.25) is 4.79 Å². The van der Waals surface area contributed by atoms with Crippen LogP contribution in [0.1, 0.15) is 22.8 Å². The molecule has 3 aromatic rings. The number of nitrogens with two attached hydrogens (primary N) is 1. The lowest BCUT2D eigenvalue weighted by Gasteiger charge is -2.05. The Kier molecular flexibility index (Phi) is 6.52. The van der Waals surface area contributed by atoms with Crippen LogP contribution in [0, 0.1) is 11.3 Å². The number of carbonyl (C=O) groups excluding carboxylic acids is 1. The molecule has 0 radical (unpaired) electrons. The predicted octanol–water partition coefficient (Wildman–Crippen LogP) is 3.04. The molecule has 0 spiro atoms. The summed E-state index contributed by atoms with van der Waals surface area (Å²) in [5.41, 5.74) is 6.53. The Balaban J connectivity index is 0.000000189. The average Bonchev–Trinajstić information content (AvgIpc) is 2.63. The second-order valence-corrected chi connectivity index (χ2v) is 5.35. The van der Waals surface area contributed by atoms with Crippen LogP contribution >= 0.6 is 0 Å². The van der Waals surface area contributed by atoms with Gasteiger partial charge in [-0.2, -0.15) is 5.26 Å². The Labute approximate surface area is 150 Å². The first kappa shape index (κ1) is 18.7. The van der Waals surface area contributed by atoms with Crippen molar-refractivity contribution in [3.63, 3.8) is 0 Å². The van der Waals surface area contributed by atoms with E-state index in [1.165, 1.54) is 0 Å². The van der Waals surface area contributed by atoms with Crippen molar-refractivity contribution in [3.8, 4) is 6.07 Å². The minimum absolute atomic E-state index is 0.134. The third-order valence-electron chi connectivity index (χ3n) is 3.56. The number of hydrogen-bond donors (Lipinski definition) is 2. The average molecular weight is 349 g/mol. The highest BCUT2D eigenvalue weighted by atomic mass is 16.5. The second kappa shape index (κ2) is 9.04. The van der Waals surface area contributed by atoms with Crippen molar-refractivity contribution in [2.75, 3.05) is 12.3 Å². The molecule has 0 amide bonds. The van der Waals surface area contributed by atoms with Crippen LogP contribution < -0.4 is 11.3 Å². The number of ether oxygens (including phenoxy) is 1. The van der Waals surface area contributed by atoms with Crippen LogP contribution in [-0.4, -0.2) is 17.6 Å². The highest BCUT2D eigenvalue weighted by Crippen LogP contribution is 2.11. The van der Waals surface area contributed by atoms with Gasteiger partial charge in [0, 0.05) is 5.39 Å². The molecule has 26 heavy (non-hydrogen) atoms. The van der Waals surface area contributed by atoms with Crippen LogP contribution in [0.3, 0.4) is 0 Å².